The molecule has 130 valence electrons. The molecule has 5 heteroatoms. The number of hydrogen-bond donors (Lipinski definition) is 2. The summed E-state index contributed by atoms with van der Waals surface area (Å²) in [7, 11) is 0. The third-order valence-electron chi connectivity index (χ3n) is 4.74. The molecule has 1 amide bonds. The van der Waals surface area contributed by atoms with Crippen molar-refractivity contribution >= 4 is 11.9 Å². The van der Waals surface area contributed by atoms with Gasteiger partial charge in [-0.15, -0.1) is 0 Å². The number of carbonyl (C=O) groups excluding carboxylic acids is 1. The molecule has 1 aliphatic heterocycles. The van der Waals surface area contributed by atoms with Crippen LogP contribution in [0.3, 0.4) is 0 Å². The van der Waals surface area contributed by atoms with Gasteiger partial charge >= 0.3 is 5.97 Å². The van der Waals surface area contributed by atoms with Crippen molar-refractivity contribution in [1.29, 1.82) is 0 Å². The van der Waals surface area contributed by atoms with E-state index in [4.69, 9.17) is 5.11 Å². The summed E-state index contributed by atoms with van der Waals surface area (Å²) in [6, 6.07) is 11.9. The average Bonchev–Trinajstić information content (AvgIpc) is 3.05. The fraction of sp³-hybridized carbons (Fsp3) is 0.300. The number of phenolic OH excluding ortho intramolecular Hbond substituents is 1. The van der Waals surface area contributed by atoms with Gasteiger partial charge in [0, 0.05) is 18.7 Å². The van der Waals surface area contributed by atoms with E-state index >= 15 is 0 Å². The SMILES string of the molecule is Cc1cc(C(=O)N2CCC(Cc3ccc(C(=O)O)cc3)C2)ccc1O. The molecule has 1 fully saturated rings. The number of benzene rings is 2. The number of carboxylic acids is 1. The topological polar surface area (TPSA) is 77.8 Å². The Balaban J connectivity index is 1.62. The van der Waals surface area contributed by atoms with Crippen LogP contribution in [0.1, 0.15) is 38.3 Å². The molecule has 3 rings (SSSR count). The fourth-order valence-corrected chi connectivity index (χ4v) is 3.27. The number of phenols is 1. The Morgan fingerprint density at radius 1 is 1.12 bits per heavy atom. The second kappa shape index (κ2) is 6.97. The molecule has 1 saturated heterocycles. The molecule has 0 aliphatic carbocycles. The summed E-state index contributed by atoms with van der Waals surface area (Å²) < 4.78 is 0. The van der Waals surface area contributed by atoms with Crippen LogP contribution in [0, 0.1) is 12.8 Å². The zero-order valence-corrected chi connectivity index (χ0v) is 14.1. The maximum absolute atomic E-state index is 12.6. The molecule has 0 spiro atoms. The van der Waals surface area contributed by atoms with Crippen LogP contribution in [0.15, 0.2) is 42.5 Å². The second-order valence-electron chi connectivity index (χ2n) is 6.61. The number of hydrogen-bond acceptors (Lipinski definition) is 3. The minimum absolute atomic E-state index is 0.00757. The van der Waals surface area contributed by atoms with Crippen molar-refractivity contribution in [2.75, 3.05) is 13.1 Å². The van der Waals surface area contributed by atoms with Crippen molar-refractivity contribution in [3.05, 3.63) is 64.7 Å². The first-order valence-electron chi connectivity index (χ1n) is 8.35. The monoisotopic (exact) mass is 339 g/mol. The Morgan fingerprint density at radius 2 is 1.80 bits per heavy atom. The highest BCUT2D eigenvalue weighted by molar-refractivity contribution is 5.94. The number of likely N-dealkylation sites (tertiary alicyclic amines) is 1. The summed E-state index contributed by atoms with van der Waals surface area (Å²) in [6.45, 7) is 3.19. The maximum atomic E-state index is 12.6. The summed E-state index contributed by atoms with van der Waals surface area (Å²) in [5.41, 5.74) is 2.67. The van der Waals surface area contributed by atoms with E-state index < -0.39 is 5.97 Å². The van der Waals surface area contributed by atoms with Gasteiger partial charge in [0.1, 0.15) is 5.75 Å². The van der Waals surface area contributed by atoms with Crippen molar-refractivity contribution in [1.82, 2.24) is 4.90 Å². The summed E-state index contributed by atoms with van der Waals surface area (Å²) in [5, 5.41) is 18.5. The molecular formula is C20H21NO4. The number of carbonyl (C=O) groups is 2. The van der Waals surface area contributed by atoms with Gasteiger partial charge in [-0.2, -0.15) is 0 Å². The van der Waals surface area contributed by atoms with Gasteiger partial charge < -0.3 is 15.1 Å². The number of rotatable bonds is 4. The first-order chi connectivity index (χ1) is 11.9. The molecule has 5 nitrogen and oxygen atoms in total. The van der Waals surface area contributed by atoms with Crippen LogP contribution in [-0.2, 0) is 6.42 Å². The van der Waals surface area contributed by atoms with E-state index in [1.165, 1.54) is 0 Å². The van der Waals surface area contributed by atoms with E-state index in [9.17, 15) is 14.7 Å². The molecule has 2 aromatic carbocycles. The van der Waals surface area contributed by atoms with Gasteiger partial charge in [-0.05, 0) is 67.1 Å². The zero-order chi connectivity index (χ0) is 18.0. The lowest BCUT2D eigenvalue weighted by molar-refractivity contribution is 0.0696. The second-order valence-corrected chi connectivity index (χ2v) is 6.61. The molecule has 0 saturated carbocycles. The van der Waals surface area contributed by atoms with Gasteiger partial charge in [-0.25, -0.2) is 4.79 Å². The quantitative estimate of drug-likeness (QED) is 0.897. The Labute approximate surface area is 146 Å². The molecule has 1 aliphatic rings. The lowest BCUT2D eigenvalue weighted by Gasteiger charge is -2.17. The molecule has 0 radical (unpaired) electrons. The van der Waals surface area contributed by atoms with Crippen molar-refractivity contribution in [3.8, 4) is 5.75 Å². The number of amides is 1. The first-order valence-corrected chi connectivity index (χ1v) is 8.35. The van der Waals surface area contributed by atoms with E-state index in [-0.39, 0.29) is 17.2 Å². The van der Waals surface area contributed by atoms with Gasteiger partial charge in [0.05, 0.1) is 5.56 Å². The van der Waals surface area contributed by atoms with Gasteiger partial charge in [-0.1, -0.05) is 12.1 Å². The third-order valence-corrected chi connectivity index (χ3v) is 4.74. The van der Waals surface area contributed by atoms with Crippen LogP contribution in [0.25, 0.3) is 0 Å². The largest absolute Gasteiger partial charge is 0.508 e. The normalized spacial score (nSPS) is 16.8. The molecule has 1 heterocycles. The van der Waals surface area contributed by atoms with E-state index in [1.807, 2.05) is 17.0 Å². The predicted octanol–water partition coefficient (Wildman–Crippen LogP) is 3.10. The average molecular weight is 339 g/mol. The van der Waals surface area contributed by atoms with E-state index in [1.54, 1.807) is 37.3 Å². The van der Waals surface area contributed by atoms with Crippen LogP contribution in [0.2, 0.25) is 0 Å². The highest BCUT2D eigenvalue weighted by Gasteiger charge is 2.27. The van der Waals surface area contributed by atoms with E-state index in [0.717, 1.165) is 24.9 Å². The van der Waals surface area contributed by atoms with Gasteiger partial charge in [0.2, 0.25) is 0 Å². The Bertz CT molecular complexity index is 798. The fourth-order valence-electron chi connectivity index (χ4n) is 3.27. The summed E-state index contributed by atoms with van der Waals surface area (Å²) in [6.07, 6.45) is 1.77. The van der Waals surface area contributed by atoms with Crippen LogP contribution in [0.4, 0.5) is 0 Å². The summed E-state index contributed by atoms with van der Waals surface area (Å²) >= 11 is 0. The van der Waals surface area contributed by atoms with E-state index in [0.29, 0.717) is 23.6 Å². The van der Waals surface area contributed by atoms with Crippen molar-refractivity contribution in [2.45, 2.75) is 19.8 Å². The smallest absolute Gasteiger partial charge is 0.335 e. The number of aromatic hydroxyl groups is 1. The van der Waals surface area contributed by atoms with Gasteiger partial charge in [0.15, 0.2) is 0 Å². The summed E-state index contributed by atoms with van der Waals surface area (Å²) in [4.78, 5) is 25.4. The predicted molar refractivity (Wildman–Crippen MR) is 94.0 cm³/mol. The van der Waals surface area contributed by atoms with Crippen molar-refractivity contribution < 1.29 is 19.8 Å². The number of nitrogens with zero attached hydrogens (tertiary/aromatic N) is 1. The third kappa shape index (κ3) is 3.82. The molecule has 25 heavy (non-hydrogen) atoms. The molecular weight excluding hydrogens is 318 g/mol. The minimum Gasteiger partial charge on any atom is -0.508 e. The van der Waals surface area contributed by atoms with Crippen LogP contribution >= 0.6 is 0 Å². The molecule has 0 bridgehead atoms. The highest BCUT2D eigenvalue weighted by atomic mass is 16.4. The van der Waals surface area contributed by atoms with Gasteiger partial charge in [-0.3, -0.25) is 4.79 Å². The van der Waals surface area contributed by atoms with Crippen LogP contribution < -0.4 is 0 Å². The van der Waals surface area contributed by atoms with Crippen LogP contribution in [-0.4, -0.2) is 40.1 Å². The molecule has 1 atom stereocenters. The Hall–Kier alpha value is -2.82. The molecule has 2 N–H and O–H groups in total. The minimum atomic E-state index is -0.923. The van der Waals surface area contributed by atoms with Gasteiger partial charge in [0.25, 0.3) is 5.91 Å². The molecule has 1 unspecified atom stereocenters. The van der Waals surface area contributed by atoms with E-state index in [2.05, 4.69) is 0 Å². The number of carboxylic acid groups (broad SMARTS) is 1. The number of aryl methyl sites for hydroxylation is 1. The first kappa shape index (κ1) is 17.0. The Morgan fingerprint density at radius 3 is 2.44 bits per heavy atom. The molecule has 0 aromatic heterocycles. The molecule has 2 aromatic rings. The number of aromatic carboxylic acids is 1. The lowest BCUT2D eigenvalue weighted by Crippen LogP contribution is -2.29. The van der Waals surface area contributed by atoms with Crippen LogP contribution in [0.5, 0.6) is 5.75 Å². The highest BCUT2D eigenvalue weighted by Crippen LogP contribution is 2.24. The zero-order valence-electron chi connectivity index (χ0n) is 14.1. The standard InChI is InChI=1S/C20H21NO4/c1-13-10-17(6-7-18(13)22)19(23)21-9-8-15(12-21)11-14-2-4-16(5-3-14)20(24)25/h2-7,10,15,22H,8-9,11-12H2,1H3,(H,24,25). The van der Waals surface area contributed by atoms with Crippen molar-refractivity contribution in [2.24, 2.45) is 5.92 Å². The summed E-state index contributed by atoms with van der Waals surface area (Å²) in [5.74, 6) is -0.362. The maximum Gasteiger partial charge on any atom is 0.335 e. The Kier molecular flexibility index (Phi) is 4.74. The van der Waals surface area contributed by atoms with Crippen molar-refractivity contribution in [3.63, 3.8) is 0 Å². The lowest BCUT2D eigenvalue weighted by atomic mass is 9.98.